The van der Waals surface area contributed by atoms with Crippen molar-refractivity contribution in [3.63, 3.8) is 0 Å². The summed E-state index contributed by atoms with van der Waals surface area (Å²) in [6, 6.07) is 8.17. The van der Waals surface area contributed by atoms with Gasteiger partial charge in [-0.15, -0.1) is 0 Å². The number of hydrogen-bond donors (Lipinski definition) is 1. The molecule has 0 unspecified atom stereocenters. The summed E-state index contributed by atoms with van der Waals surface area (Å²) in [4.78, 5) is 0. The monoisotopic (exact) mass is 314 g/mol. The van der Waals surface area contributed by atoms with E-state index in [1.165, 1.54) is 0 Å². The smallest absolute Gasteiger partial charge is 0.370 e. The molecular formula is C15H26O3SSi. The zero-order valence-corrected chi connectivity index (χ0v) is 14.6. The molecule has 0 aromatic heterocycles. The van der Waals surface area contributed by atoms with Gasteiger partial charge in [-0.2, -0.15) is 12.6 Å². The van der Waals surface area contributed by atoms with E-state index >= 15 is 0 Å². The van der Waals surface area contributed by atoms with Gasteiger partial charge in [-0.25, -0.2) is 0 Å². The molecule has 0 atom stereocenters. The average molecular weight is 315 g/mol. The molecular weight excluding hydrogens is 288 g/mol. The summed E-state index contributed by atoms with van der Waals surface area (Å²) in [5, 5.41) is 1.08. The highest BCUT2D eigenvalue weighted by Gasteiger charge is 2.44. The Balaban J connectivity index is 2.94. The Morgan fingerprint density at radius 1 is 1.00 bits per heavy atom. The summed E-state index contributed by atoms with van der Waals surface area (Å²) < 4.78 is 18.1. The zero-order chi connectivity index (χ0) is 14.8. The van der Waals surface area contributed by atoms with Crippen molar-refractivity contribution >= 4 is 26.6 Å². The molecule has 0 N–H and O–H groups in total. The Hall–Kier alpha value is -0.333. The number of aryl methyl sites for hydroxylation is 1. The lowest BCUT2D eigenvalue weighted by Crippen LogP contribution is -2.58. The van der Waals surface area contributed by atoms with E-state index < -0.39 is 8.80 Å². The molecule has 0 fully saturated rings. The minimum Gasteiger partial charge on any atom is -0.370 e. The van der Waals surface area contributed by atoms with E-state index in [0.717, 1.165) is 29.3 Å². The predicted octanol–water partition coefficient (Wildman–Crippen LogP) is 2.94. The lowest BCUT2D eigenvalue weighted by molar-refractivity contribution is 0.0803. The number of rotatable bonds is 10. The van der Waals surface area contributed by atoms with Gasteiger partial charge < -0.3 is 13.3 Å². The van der Waals surface area contributed by atoms with Gasteiger partial charge in [0.05, 0.1) is 0 Å². The van der Waals surface area contributed by atoms with Crippen LogP contribution in [-0.2, 0) is 13.3 Å². The van der Waals surface area contributed by atoms with Crippen molar-refractivity contribution in [2.75, 3.05) is 25.6 Å². The molecule has 0 bridgehead atoms. The predicted molar refractivity (Wildman–Crippen MR) is 88.9 cm³/mol. The SMILES string of the molecule is CCO[Si](OCC)(OCCCCS)c1ccccc1C. The normalized spacial score (nSPS) is 11.8. The fourth-order valence-corrected chi connectivity index (χ4v) is 5.06. The lowest BCUT2D eigenvalue weighted by Gasteiger charge is -2.30. The van der Waals surface area contributed by atoms with Crippen LogP contribution >= 0.6 is 12.6 Å². The summed E-state index contributed by atoms with van der Waals surface area (Å²) in [7, 11) is -2.79. The van der Waals surface area contributed by atoms with Crippen LogP contribution in [0.2, 0.25) is 0 Å². The molecule has 5 heteroatoms. The van der Waals surface area contributed by atoms with Gasteiger partial charge in [-0.1, -0.05) is 24.3 Å². The number of benzene rings is 1. The molecule has 20 heavy (non-hydrogen) atoms. The first kappa shape index (κ1) is 17.7. The Labute approximate surface area is 129 Å². The molecule has 1 rings (SSSR count). The standard InChI is InChI=1S/C15H26O3SSi/c1-4-16-20(17-5-2,18-12-8-9-13-19)15-11-7-6-10-14(15)3/h6-7,10-11,19H,4-5,8-9,12-13H2,1-3H3. The Morgan fingerprint density at radius 3 is 2.20 bits per heavy atom. The third-order valence-corrected chi connectivity index (χ3v) is 6.45. The minimum atomic E-state index is -2.79. The Bertz CT molecular complexity index is 381. The van der Waals surface area contributed by atoms with Crippen LogP contribution in [0.3, 0.4) is 0 Å². The Morgan fingerprint density at radius 2 is 1.65 bits per heavy atom. The molecule has 1 aromatic carbocycles. The molecule has 0 amide bonds. The van der Waals surface area contributed by atoms with Gasteiger partial charge in [0.15, 0.2) is 0 Å². The molecule has 114 valence electrons. The highest BCUT2D eigenvalue weighted by atomic mass is 32.1. The van der Waals surface area contributed by atoms with Crippen LogP contribution in [0.5, 0.6) is 0 Å². The summed E-state index contributed by atoms with van der Waals surface area (Å²) >= 11 is 4.23. The third kappa shape index (κ3) is 4.89. The topological polar surface area (TPSA) is 27.7 Å². The first-order valence-electron chi connectivity index (χ1n) is 7.29. The second-order valence-corrected chi connectivity index (χ2v) is 7.48. The largest absolute Gasteiger partial charge is 0.537 e. The number of hydrogen-bond acceptors (Lipinski definition) is 4. The van der Waals surface area contributed by atoms with Crippen molar-refractivity contribution in [3.05, 3.63) is 29.8 Å². The van der Waals surface area contributed by atoms with Gasteiger partial charge in [0, 0.05) is 25.0 Å². The first-order chi connectivity index (χ1) is 9.70. The summed E-state index contributed by atoms with van der Waals surface area (Å²) in [6.45, 7) is 7.87. The van der Waals surface area contributed by atoms with E-state index in [2.05, 4.69) is 31.7 Å². The summed E-state index contributed by atoms with van der Waals surface area (Å²) in [5.41, 5.74) is 1.16. The third-order valence-electron chi connectivity index (χ3n) is 2.99. The second kappa shape index (κ2) is 9.58. The first-order valence-corrected chi connectivity index (χ1v) is 9.64. The van der Waals surface area contributed by atoms with Gasteiger partial charge in [-0.05, 0) is 44.9 Å². The van der Waals surface area contributed by atoms with Crippen LogP contribution in [0.1, 0.15) is 32.3 Å². The lowest BCUT2D eigenvalue weighted by atomic mass is 10.2. The highest BCUT2D eigenvalue weighted by molar-refractivity contribution is 7.80. The highest BCUT2D eigenvalue weighted by Crippen LogP contribution is 2.14. The maximum absolute atomic E-state index is 6.14. The van der Waals surface area contributed by atoms with Crippen LogP contribution in [0.15, 0.2) is 24.3 Å². The average Bonchev–Trinajstić information content (AvgIpc) is 2.44. The van der Waals surface area contributed by atoms with Gasteiger partial charge in [-0.3, -0.25) is 0 Å². The van der Waals surface area contributed by atoms with Gasteiger partial charge >= 0.3 is 8.80 Å². The minimum absolute atomic E-state index is 0.590. The molecule has 0 radical (unpaired) electrons. The van der Waals surface area contributed by atoms with Crippen LogP contribution in [-0.4, -0.2) is 34.4 Å². The van der Waals surface area contributed by atoms with E-state index in [4.69, 9.17) is 13.3 Å². The fraction of sp³-hybridized carbons (Fsp3) is 0.600. The Kier molecular flexibility index (Phi) is 8.48. The molecule has 0 aliphatic carbocycles. The van der Waals surface area contributed by atoms with Crippen molar-refractivity contribution in [1.29, 1.82) is 0 Å². The molecule has 0 saturated heterocycles. The maximum Gasteiger partial charge on any atom is 0.537 e. The van der Waals surface area contributed by atoms with E-state index in [1.807, 2.05) is 26.0 Å². The molecule has 0 aliphatic heterocycles. The van der Waals surface area contributed by atoms with Crippen LogP contribution < -0.4 is 5.19 Å². The molecule has 0 aliphatic rings. The van der Waals surface area contributed by atoms with E-state index in [1.54, 1.807) is 0 Å². The van der Waals surface area contributed by atoms with Gasteiger partial charge in [0.25, 0.3) is 0 Å². The quantitative estimate of drug-likeness (QED) is 0.409. The van der Waals surface area contributed by atoms with Crippen molar-refractivity contribution in [2.24, 2.45) is 0 Å². The van der Waals surface area contributed by atoms with Crippen molar-refractivity contribution in [2.45, 2.75) is 33.6 Å². The van der Waals surface area contributed by atoms with Crippen molar-refractivity contribution in [3.8, 4) is 0 Å². The molecule has 0 heterocycles. The van der Waals surface area contributed by atoms with Crippen molar-refractivity contribution in [1.82, 2.24) is 0 Å². The summed E-state index contributed by atoms with van der Waals surface area (Å²) in [6.07, 6.45) is 2.02. The van der Waals surface area contributed by atoms with E-state index in [0.29, 0.717) is 19.8 Å². The van der Waals surface area contributed by atoms with Crippen LogP contribution in [0.25, 0.3) is 0 Å². The van der Waals surface area contributed by atoms with Crippen LogP contribution in [0.4, 0.5) is 0 Å². The second-order valence-electron chi connectivity index (χ2n) is 4.52. The van der Waals surface area contributed by atoms with E-state index in [9.17, 15) is 0 Å². The maximum atomic E-state index is 6.14. The molecule has 3 nitrogen and oxygen atoms in total. The summed E-state index contributed by atoms with van der Waals surface area (Å²) in [5.74, 6) is 0.881. The fourth-order valence-electron chi connectivity index (χ4n) is 2.08. The molecule has 0 saturated carbocycles. The van der Waals surface area contributed by atoms with Gasteiger partial charge in [0.1, 0.15) is 0 Å². The van der Waals surface area contributed by atoms with Crippen LogP contribution in [0, 0.1) is 6.92 Å². The van der Waals surface area contributed by atoms with Gasteiger partial charge in [0.2, 0.25) is 0 Å². The number of thiol groups is 1. The zero-order valence-electron chi connectivity index (χ0n) is 12.7. The van der Waals surface area contributed by atoms with E-state index in [-0.39, 0.29) is 0 Å². The number of unbranched alkanes of at least 4 members (excludes halogenated alkanes) is 1. The molecule has 0 spiro atoms. The molecule has 1 aromatic rings. The van der Waals surface area contributed by atoms with Crippen molar-refractivity contribution < 1.29 is 13.3 Å².